The van der Waals surface area contributed by atoms with E-state index in [-0.39, 0.29) is 6.54 Å². The number of anilines is 1. The van der Waals surface area contributed by atoms with E-state index >= 15 is 0 Å². The van der Waals surface area contributed by atoms with Crippen LogP contribution in [0.2, 0.25) is 0 Å². The van der Waals surface area contributed by atoms with E-state index in [1.54, 1.807) is 0 Å². The van der Waals surface area contributed by atoms with Gasteiger partial charge in [0.1, 0.15) is 6.54 Å². The van der Waals surface area contributed by atoms with Crippen LogP contribution in [0.5, 0.6) is 0 Å². The van der Waals surface area contributed by atoms with E-state index in [4.69, 9.17) is 5.11 Å². The van der Waals surface area contributed by atoms with E-state index < -0.39 is 5.97 Å². The first-order valence-corrected chi connectivity index (χ1v) is 5.45. The molecule has 2 N–H and O–H groups in total. The predicted molar refractivity (Wildman–Crippen MR) is 62.6 cm³/mol. The minimum atomic E-state index is -0.788. The number of nitrogens with one attached hydrogen (secondary N) is 1. The van der Waals surface area contributed by atoms with Crippen LogP contribution in [0.25, 0.3) is 0 Å². The summed E-state index contributed by atoms with van der Waals surface area (Å²) in [5.74, 6) is -0.788. The van der Waals surface area contributed by atoms with Gasteiger partial charge in [0.05, 0.1) is 0 Å². The largest absolute Gasteiger partial charge is 0.480 e. The SMILES string of the molecule is CC1CN(CC(=O)O)c2ccccc2CN1. The van der Waals surface area contributed by atoms with Gasteiger partial charge in [0.2, 0.25) is 0 Å². The molecule has 0 radical (unpaired) electrons. The Bertz CT molecular complexity index is 392. The van der Waals surface area contributed by atoms with Crippen LogP contribution in [-0.4, -0.2) is 30.2 Å². The number of para-hydroxylation sites is 1. The van der Waals surface area contributed by atoms with Gasteiger partial charge in [0, 0.05) is 24.8 Å². The van der Waals surface area contributed by atoms with Crippen molar-refractivity contribution >= 4 is 11.7 Å². The van der Waals surface area contributed by atoms with Crippen LogP contribution in [0.3, 0.4) is 0 Å². The van der Waals surface area contributed by atoms with Gasteiger partial charge in [0.15, 0.2) is 0 Å². The highest BCUT2D eigenvalue weighted by Gasteiger charge is 2.19. The molecule has 0 aliphatic carbocycles. The molecule has 4 heteroatoms. The summed E-state index contributed by atoms with van der Waals surface area (Å²) in [6.45, 7) is 3.65. The number of carboxylic acid groups (broad SMARTS) is 1. The van der Waals surface area contributed by atoms with Crippen LogP contribution in [0, 0.1) is 0 Å². The third kappa shape index (κ3) is 2.33. The Hall–Kier alpha value is -1.55. The number of fused-ring (bicyclic) bond motifs is 1. The monoisotopic (exact) mass is 220 g/mol. The zero-order valence-corrected chi connectivity index (χ0v) is 9.31. The van der Waals surface area contributed by atoms with Gasteiger partial charge in [-0.2, -0.15) is 0 Å². The molecule has 1 unspecified atom stereocenters. The van der Waals surface area contributed by atoms with Gasteiger partial charge in [-0.25, -0.2) is 0 Å². The average Bonchev–Trinajstić information content (AvgIpc) is 2.39. The van der Waals surface area contributed by atoms with Crippen molar-refractivity contribution in [1.29, 1.82) is 0 Å². The van der Waals surface area contributed by atoms with Gasteiger partial charge < -0.3 is 15.3 Å². The fourth-order valence-electron chi connectivity index (χ4n) is 2.06. The van der Waals surface area contributed by atoms with Crippen molar-refractivity contribution in [2.24, 2.45) is 0 Å². The van der Waals surface area contributed by atoms with E-state index in [1.807, 2.05) is 29.2 Å². The van der Waals surface area contributed by atoms with Crippen molar-refractivity contribution in [3.05, 3.63) is 29.8 Å². The minimum Gasteiger partial charge on any atom is -0.480 e. The minimum absolute atomic E-state index is 0.0586. The molecule has 0 aromatic heterocycles. The van der Waals surface area contributed by atoms with Gasteiger partial charge >= 0.3 is 5.97 Å². The Morgan fingerprint density at radius 3 is 3.06 bits per heavy atom. The van der Waals surface area contributed by atoms with Crippen LogP contribution in [-0.2, 0) is 11.3 Å². The number of benzene rings is 1. The quantitative estimate of drug-likeness (QED) is 0.782. The van der Waals surface area contributed by atoms with Crippen molar-refractivity contribution in [2.45, 2.75) is 19.5 Å². The zero-order valence-electron chi connectivity index (χ0n) is 9.31. The summed E-state index contributed by atoms with van der Waals surface area (Å²) in [5, 5.41) is 12.3. The molecule has 4 nitrogen and oxygen atoms in total. The van der Waals surface area contributed by atoms with E-state index in [0.717, 1.165) is 24.3 Å². The first kappa shape index (κ1) is 11.0. The number of hydrogen-bond acceptors (Lipinski definition) is 3. The lowest BCUT2D eigenvalue weighted by Crippen LogP contribution is -2.38. The Kier molecular flexibility index (Phi) is 3.10. The summed E-state index contributed by atoms with van der Waals surface area (Å²) in [7, 11) is 0. The third-order valence-corrected chi connectivity index (χ3v) is 2.79. The molecular formula is C12H16N2O2. The Morgan fingerprint density at radius 2 is 2.31 bits per heavy atom. The molecule has 1 aliphatic rings. The van der Waals surface area contributed by atoms with Gasteiger partial charge in [-0.15, -0.1) is 0 Å². The molecule has 1 aliphatic heterocycles. The topological polar surface area (TPSA) is 52.6 Å². The zero-order chi connectivity index (χ0) is 11.5. The number of nitrogens with zero attached hydrogens (tertiary/aromatic N) is 1. The molecule has 2 rings (SSSR count). The van der Waals surface area contributed by atoms with Crippen molar-refractivity contribution in [1.82, 2.24) is 5.32 Å². The van der Waals surface area contributed by atoms with Crippen molar-refractivity contribution < 1.29 is 9.90 Å². The number of carboxylic acids is 1. The van der Waals surface area contributed by atoms with E-state index in [0.29, 0.717) is 6.04 Å². The van der Waals surface area contributed by atoms with Crippen molar-refractivity contribution in [3.63, 3.8) is 0 Å². The second-order valence-corrected chi connectivity index (χ2v) is 4.18. The first-order chi connectivity index (χ1) is 7.66. The van der Waals surface area contributed by atoms with Crippen LogP contribution < -0.4 is 10.2 Å². The summed E-state index contributed by atoms with van der Waals surface area (Å²) in [5.41, 5.74) is 2.19. The van der Waals surface area contributed by atoms with E-state index in [9.17, 15) is 4.79 Å². The average molecular weight is 220 g/mol. The molecule has 1 heterocycles. The van der Waals surface area contributed by atoms with Crippen LogP contribution in [0.15, 0.2) is 24.3 Å². The standard InChI is InChI=1S/C12H16N2O2/c1-9-7-14(8-12(15)16)11-5-3-2-4-10(11)6-13-9/h2-5,9,13H,6-8H2,1H3,(H,15,16). The summed E-state index contributed by atoms with van der Waals surface area (Å²) in [4.78, 5) is 12.8. The lowest BCUT2D eigenvalue weighted by atomic mass is 10.1. The Balaban J connectivity index is 2.31. The fraction of sp³-hybridized carbons (Fsp3) is 0.417. The molecule has 0 saturated carbocycles. The molecular weight excluding hydrogens is 204 g/mol. The fourth-order valence-corrected chi connectivity index (χ4v) is 2.06. The smallest absolute Gasteiger partial charge is 0.323 e. The normalized spacial score (nSPS) is 20.1. The molecule has 0 spiro atoms. The summed E-state index contributed by atoms with van der Waals surface area (Å²) < 4.78 is 0. The van der Waals surface area contributed by atoms with Crippen LogP contribution >= 0.6 is 0 Å². The van der Waals surface area contributed by atoms with Crippen molar-refractivity contribution in [3.8, 4) is 0 Å². The number of hydrogen-bond donors (Lipinski definition) is 2. The third-order valence-electron chi connectivity index (χ3n) is 2.79. The Morgan fingerprint density at radius 1 is 1.56 bits per heavy atom. The molecule has 0 fully saturated rings. The highest BCUT2D eigenvalue weighted by atomic mass is 16.4. The maximum absolute atomic E-state index is 10.8. The molecule has 0 amide bonds. The molecule has 0 saturated heterocycles. The molecule has 0 bridgehead atoms. The number of carbonyl (C=O) groups is 1. The highest BCUT2D eigenvalue weighted by molar-refractivity contribution is 5.74. The van der Waals surface area contributed by atoms with Gasteiger partial charge in [-0.05, 0) is 18.6 Å². The van der Waals surface area contributed by atoms with E-state index in [2.05, 4.69) is 12.2 Å². The second-order valence-electron chi connectivity index (χ2n) is 4.18. The predicted octanol–water partition coefficient (Wildman–Crippen LogP) is 1.07. The van der Waals surface area contributed by atoms with Crippen LogP contribution in [0.1, 0.15) is 12.5 Å². The summed E-state index contributed by atoms with van der Waals surface area (Å²) >= 11 is 0. The molecule has 1 aromatic rings. The maximum atomic E-state index is 10.8. The summed E-state index contributed by atoms with van der Waals surface area (Å²) in [6.07, 6.45) is 0. The Labute approximate surface area is 94.9 Å². The second kappa shape index (κ2) is 4.53. The maximum Gasteiger partial charge on any atom is 0.323 e. The van der Waals surface area contributed by atoms with Gasteiger partial charge in [-0.3, -0.25) is 4.79 Å². The van der Waals surface area contributed by atoms with Crippen molar-refractivity contribution in [2.75, 3.05) is 18.0 Å². The number of rotatable bonds is 2. The number of aliphatic carboxylic acids is 1. The van der Waals surface area contributed by atoms with Gasteiger partial charge in [-0.1, -0.05) is 18.2 Å². The van der Waals surface area contributed by atoms with E-state index in [1.165, 1.54) is 0 Å². The lowest BCUT2D eigenvalue weighted by Gasteiger charge is -2.24. The molecule has 1 atom stereocenters. The molecule has 16 heavy (non-hydrogen) atoms. The molecule has 1 aromatic carbocycles. The highest BCUT2D eigenvalue weighted by Crippen LogP contribution is 2.22. The lowest BCUT2D eigenvalue weighted by molar-refractivity contribution is -0.135. The first-order valence-electron chi connectivity index (χ1n) is 5.45. The molecule has 86 valence electrons. The van der Waals surface area contributed by atoms with Crippen LogP contribution in [0.4, 0.5) is 5.69 Å². The summed E-state index contributed by atoms with van der Waals surface area (Å²) in [6, 6.07) is 8.25. The van der Waals surface area contributed by atoms with Gasteiger partial charge in [0.25, 0.3) is 0 Å².